The Morgan fingerprint density at radius 2 is 1.93 bits per heavy atom. The van der Waals surface area contributed by atoms with E-state index in [-0.39, 0.29) is 29.6 Å². The minimum atomic E-state index is -1.39. The number of hydrogen-bond donors (Lipinski definition) is 3. The number of rotatable bonds is 8. The van der Waals surface area contributed by atoms with Crippen molar-refractivity contribution in [2.24, 2.45) is 5.92 Å². The molecule has 148 valence electrons. The van der Waals surface area contributed by atoms with E-state index in [0.29, 0.717) is 0 Å². The Kier molecular flexibility index (Phi) is 7.15. The fourth-order valence-corrected chi connectivity index (χ4v) is 3.25. The summed E-state index contributed by atoms with van der Waals surface area (Å²) in [6.07, 6.45) is 3.71. The third kappa shape index (κ3) is 5.67. The first-order valence-corrected chi connectivity index (χ1v) is 8.97. The molecule has 2 unspecified atom stereocenters. The predicted octanol–water partition coefficient (Wildman–Crippen LogP) is 2.16. The normalized spacial score (nSPS) is 16.4. The lowest BCUT2D eigenvalue weighted by Crippen LogP contribution is -2.41. The van der Waals surface area contributed by atoms with Crippen LogP contribution in [0, 0.1) is 11.7 Å². The van der Waals surface area contributed by atoms with Gasteiger partial charge in [-0.1, -0.05) is 18.9 Å². The molecule has 1 saturated carbocycles. The number of halogens is 1. The lowest BCUT2D eigenvalue weighted by atomic mass is 10.1. The van der Waals surface area contributed by atoms with Gasteiger partial charge in [0.15, 0.2) is 17.6 Å². The molecule has 0 aromatic heterocycles. The summed E-state index contributed by atoms with van der Waals surface area (Å²) in [7, 11) is 1.30. The highest BCUT2D eigenvalue weighted by atomic mass is 19.1. The molecule has 0 spiro atoms. The molecule has 0 heterocycles. The van der Waals surface area contributed by atoms with Gasteiger partial charge in [-0.05, 0) is 37.5 Å². The van der Waals surface area contributed by atoms with Gasteiger partial charge in [-0.3, -0.25) is 9.59 Å². The lowest BCUT2D eigenvalue weighted by Gasteiger charge is -2.19. The number of amides is 2. The zero-order chi connectivity index (χ0) is 20.0. The van der Waals surface area contributed by atoms with E-state index in [1.54, 1.807) is 6.92 Å². The summed E-state index contributed by atoms with van der Waals surface area (Å²) in [4.78, 5) is 35.8. The van der Waals surface area contributed by atoms with Crippen molar-refractivity contribution in [3.63, 3.8) is 0 Å². The Hall–Kier alpha value is -2.64. The number of carboxylic acid groups (broad SMARTS) is 1. The zero-order valence-corrected chi connectivity index (χ0v) is 15.5. The van der Waals surface area contributed by atoms with Gasteiger partial charge in [0.25, 0.3) is 0 Å². The topological polar surface area (TPSA) is 105 Å². The third-order valence-corrected chi connectivity index (χ3v) is 4.67. The molecule has 8 heteroatoms. The van der Waals surface area contributed by atoms with Gasteiger partial charge in [0.2, 0.25) is 11.8 Å². The molecular formula is C19H25FN2O5. The third-order valence-electron chi connectivity index (χ3n) is 4.67. The molecular weight excluding hydrogens is 355 g/mol. The van der Waals surface area contributed by atoms with E-state index in [4.69, 9.17) is 4.74 Å². The van der Waals surface area contributed by atoms with E-state index in [9.17, 15) is 23.9 Å². The van der Waals surface area contributed by atoms with Crippen LogP contribution >= 0.6 is 0 Å². The molecule has 2 atom stereocenters. The quantitative estimate of drug-likeness (QED) is 0.641. The largest absolute Gasteiger partial charge is 0.494 e. The Morgan fingerprint density at radius 3 is 2.48 bits per heavy atom. The van der Waals surface area contributed by atoms with E-state index in [0.717, 1.165) is 31.7 Å². The SMILES string of the molecule is COc1ccc(C(NC(=O)CC(C)NC(=O)C2CCCC2)C(=O)O)cc1F. The van der Waals surface area contributed by atoms with Crippen molar-refractivity contribution in [3.8, 4) is 5.75 Å². The molecule has 0 aliphatic heterocycles. The van der Waals surface area contributed by atoms with Crippen LogP contribution in [0.5, 0.6) is 5.75 Å². The number of aliphatic carboxylic acids is 1. The summed E-state index contributed by atoms with van der Waals surface area (Å²) in [6.45, 7) is 1.69. The average molecular weight is 380 g/mol. The summed E-state index contributed by atoms with van der Waals surface area (Å²) in [6, 6.07) is 1.88. The molecule has 0 bridgehead atoms. The average Bonchev–Trinajstić information content (AvgIpc) is 3.14. The minimum Gasteiger partial charge on any atom is -0.494 e. The fraction of sp³-hybridized carbons (Fsp3) is 0.526. The first kappa shape index (κ1) is 20.7. The van der Waals surface area contributed by atoms with Crippen molar-refractivity contribution in [2.45, 2.75) is 51.1 Å². The smallest absolute Gasteiger partial charge is 0.330 e. The van der Waals surface area contributed by atoms with E-state index in [2.05, 4.69) is 10.6 Å². The Bertz CT molecular complexity index is 703. The predicted molar refractivity (Wildman–Crippen MR) is 95.7 cm³/mol. The number of ether oxygens (including phenoxy) is 1. The van der Waals surface area contributed by atoms with Crippen LogP contribution in [0.15, 0.2) is 18.2 Å². The second kappa shape index (κ2) is 9.34. The second-order valence-electron chi connectivity index (χ2n) is 6.83. The molecule has 2 rings (SSSR count). The van der Waals surface area contributed by atoms with Crippen LogP contribution in [0.4, 0.5) is 4.39 Å². The first-order valence-electron chi connectivity index (χ1n) is 8.97. The lowest BCUT2D eigenvalue weighted by molar-refractivity contribution is -0.142. The van der Waals surface area contributed by atoms with Gasteiger partial charge in [0, 0.05) is 18.4 Å². The molecule has 7 nitrogen and oxygen atoms in total. The number of methoxy groups -OCH3 is 1. The number of nitrogens with one attached hydrogen (secondary N) is 2. The summed E-state index contributed by atoms with van der Waals surface area (Å²) in [5.74, 6) is -2.66. The van der Waals surface area contributed by atoms with Gasteiger partial charge >= 0.3 is 5.97 Å². The van der Waals surface area contributed by atoms with Crippen LogP contribution in [-0.2, 0) is 14.4 Å². The van der Waals surface area contributed by atoms with Crippen molar-refractivity contribution in [1.82, 2.24) is 10.6 Å². The number of carboxylic acids is 1. The second-order valence-corrected chi connectivity index (χ2v) is 6.83. The Morgan fingerprint density at radius 1 is 1.26 bits per heavy atom. The summed E-state index contributed by atoms with van der Waals surface area (Å²) < 4.78 is 18.6. The molecule has 1 aromatic carbocycles. The maximum absolute atomic E-state index is 13.8. The highest BCUT2D eigenvalue weighted by Gasteiger charge is 2.26. The van der Waals surface area contributed by atoms with Gasteiger partial charge < -0.3 is 20.5 Å². The monoisotopic (exact) mass is 380 g/mol. The van der Waals surface area contributed by atoms with Crippen LogP contribution in [0.2, 0.25) is 0 Å². The fourth-order valence-electron chi connectivity index (χ4n) is 3.25. The molecule has 1 aliphatic carbocycles. The highest BCUT2D eigenvalue weighted by molar-refractivity contribution is 5.85. The van der Waals surface area contributed by atoms with Crippen LogP contribution < -0.4 is 15.4 Å². The van der Waals surface area contributed by atoms with E-state index >= 15 is 0 Å². The standard InChI is InChI=1S/C19H25FN2O5/c1-11(21-18(24)12-5-3-4-6-12)9-16(23)22-17(19(25)26)13-7-8-15(27-2)14(20)10-13/h7-8,10-12,17H,3-6,9H2,1-2H3,(H,21,24)(H,22,23)(H,25,26). The Labute approximate surface area is 157 Å². The maximum atomic E-state index is 13.8. The van der Waals surface area contributed by atoms with Gasteiger partial charge in [-0.25, -0.2) is 9.18 Å². The minimum absolute atomic E-state index is 0.00967. The molecule has 0 radical (unpaired) electrons. The molecule has 3 N–H and O–H groups in total. The maximum Gasteiger partial charge on any atom is 0.330 e. The van der Waals surface area contributed by atoms with Crippen molar-refractivity contribution in [2.75, 3.05) is 7.11 Å². The van der Waals surface area contributed by atoms with Crippen LogP contribution in [0.3, 0.4) is 0 Å². The molecule has 1 fully saturated rings. The highest BCUT2D eigenvalue weighted by Crippen LogP contribution is 2.25. The van der Waals surface area contributed by atoms with Crippen LogP contribution in [0.1, 0.15) is 50.6 Å². The Balaban J connectivity index is 1.95. The van der Waals surface area contributed by atoms with Crippen LogP contribution in [0.25, 0.3) is 0 Å². The number of carbonyl (C=O) groups is 3. The molecule has 1 aromatic rings. The first-order chi connectivity index (χ1) is 12.8. The summed E-state index contributed by atoms with van der Waals surface area (Å²) in [5.41, 5.74) is 0.0943. The molecule has 27 heavy (non-hydrogen) atoms. The van der Waals surface area contributed by atoms with Crippen molar-refractivity contribution in [3.05, 3.63) is 29.6 Å². The van der Waals surface area contributed by atoms with E-state index in [1.807, 2.05) is 0 Å². The van der Waals surface area contributed by atoms with Gasteiger partial charge in [-0.15, -0.1) is 0 Å². The number of carbonyl (C=O) groups excluding carboxylic acids is 2. The summed E-state index contributed by atoms with van der Waals surface area (Å²) >= 11 is 0. The summed E-state index contributed by atoms with van der Waals surface area (Å²) in [5, 5.41) is 14.5. The van der Waals surface area contributed by atoms with E-state index in [1.165, 1.54) is 19.2 Å². The molecule has 1 aliphatic rings. The van der Waals surface area contributed by atoms with E-state index < -0.39 is 29.8 Å². The number of benzene rings is 1. The van der Waals surface area contributed by atoms with Crippen molar-refractivity contribution < 1.29 is 28.6 Å². The zero-order valence-electron chi connectivity index (χ0n) is 15.5. The molecule has 0 saturated heterocycles. The molecule has 2 amide bonds. The van der Waals surface area contributed by atoms with Crippen LogP contribution in [-0.4, -0.2) is 36.0 Å². The van der Waals surface area contributed by atoms with Gasteiger partial charge in [0.1, 0.15) is 0 Å². The number of hydrogen-bond acceptors (Lipinski definition) is 4. The van der Waals surface area contributed by atoms with Crippen molar-refractivity contribution in [1.29, 1.82) is 0 Å². The van der Waals surface area contributed by atoms with Gasteiger partial charge in [0.05, 0.1) is 7.11 Å². The van der Waals surface area contributed by atoms with Crippen molar-refractivity contribution >= 4 is 17.8 Å². The van der Waals surface area contributed by atoms with Gasteiger partial charge in [-0.2, -0.15) is 0 Å².